The molecule has 1 aromatic carbocycles. The van der Waals surface area contributed by atoms with Gasteiger partial charge in [0.1, 0.15) is 17.4 Å². The van der Waals surface area contributed by atoms with Gasteiger partial charge in [0.25, 0.3) is 5.91 Å². The molecule has 1 saturated carbocycles. The Morgan fingerprint density at radius 1 is 1.41 bits per heavy atom. The quantitative estimate of drug-likeness (QED) is 0.654. The average molecular weight is 363 g/mol. The van der Waals surface area contributed by atoms with Crippen LogP contribution < -0.4 is 10.1 Å². The van der Waals surface area contributed by atoms with Crippen LogP contribution in [-0.2, 0) is 4.79 Å². The molecule has 1 aliphatic rings. The molecule has 0 heterocycles. The van der Waals surface area contributed by atoms with Crippen LogP contribution in [0.25, 0.3) is 6.08 Å². The Kier molecular flexibility index (Phi) is 6.02. The van der Waals surface area contributed by atoms with Crippen molar-refractivity contribution in [2.24, 2.45) is 0 Å². The first kappa shape index (κ1) is 16.6. The summed E-state index contributed by atoms with van der Waals surface area (Å²) < 4.78 is 6.13. The standard InChI is InChI=1S/C17H19BrN2O2/c1-22-16-8-7-14(18)10-12(16)9-13(11-19)17(21)20-15-5-3-2-4-6-15/h7-10,15H,2-6H2,1H3,(H,20,21)/b13-9-. The van der Waals surface area contributed by atoms with Crippen molar-refractivity contribution in [3.05, 3.63) is 33.8 Å². The monoisotopic (exact) mass is 362 g/mol. The van der Waals surface area contributed by atoms with Gasteiger partial charge in [0, 0.05) is 16.1 Å². The summed E-state index contributed by atoms with van der Waals surface area (Å²) >= 11 is 3.39. The van der Waals surface area contributed by atoms with E-state index in [0.29, 0.717) is 11.3 Å². The molecule has 0 unspecified atom stereocenters. The molecule has 1 aliphatic carbocycles. The number of halogens is 1. The van der Waals surface area contributed by atoms with E-state index < -0.39 is 0 Å². The largest absolute Gasteiger partial charge is 0.496 e. The van der Waals surface area contributed by atoms with Crippen LogP contribution in [0, 0.1) is 11.3 Å². The predicted molar refractivity (Wildman–Crippen MR) is 89.3 cm³/mol. The van der Waals surface area contributed by atoms with Crippen molar-refractivity contribution in [1.29, 1.82) is 5.26 Å². The molecule has 0 aromatic heterocycles. The molecule has 1 fully saturated rings. The van der Waals surface area contributed by atoms with E-state index in [0.717, 1.165) is 30.2 Å². The summed E-state index contributed by atoms with van der Waals surface area (Å²) in [6, 6.07) is 7.64. The Morgan fingerprint density at radius 2 is 2.14 bits per heavy atom. The molecule has 0 atom stereocenters. The Morgan fingerprint density at radius 3 is 2.77 bits per heavy atom. The van der Waals surface area contributed by atoms with Crippen molar-refractivity contribution < 1.29 is 9.53 Å². The first-order valence-corrected chi connectivity index (χ1v) is 8.19. The second kappa shape index (κ2) is 8.00. The molecule has 2 rings (SSSR count). The number of amides is 1. The number of rotatable bonds is 4. The second-order valence-electron chi connectivity index (χ2n) is 5.36. The summed E-state index contributed by atoms with van der Waals surface area (Å²) in [5.41, 5.74) is 0.800. The van der Waals surface area contributed by atoms with E-state index in [1.165, 1.54) is 6.42 Å². The fourth-order valence-electron chi connectivity index (χ4n) is 2.63. The zero-order valence-corrected chi connectivity index (χ0v) is 14.1. The Hall–Kier alpha value is -1.80. The van der Waals surface area contributed by atoms with Gasteiger partial charge in [0.2, 0.25) is 0 Å². The first-order chi connectivity index (χ1) is 10.6. The molecule has 116 valence electrons. The summed E-state index contributed by atoms with van der Waals surface area (Å²) in [5.74, 6) is 0.317. The lowest BCUT2D eigenvalue weighted by Gasteiger charge is -2.22. The molecule has 0 saturated heterocycles. The molecule has 1 aromatic rings. The molecule has 1 N–H and O–H groups in total. The molecule has 4 nitrogen and oxygen atoms in total. The van der Waals surface area contributed by atoms with Crippen LogP contribution in [-0.4, -0.2) is 19.1 Å². The highest BCUT2D eigenvalue weighted by Crippen LogP contribution is 2.25. The zero-order chi connectivity index (χ0) is 15.9. The van der Waals surface area contributed by atoms with E-state index >= 15 is 0 Å². The van der Waals surface area contributed by atoms with Crippen LogP contribution in [0.1, 0.15) is 37.7 Å². The van der Waals surface area contributed by atoms with Crippen LogP contribution in [0.3, 0.4) is 0 Å². The Bertz CT molecular complexity index is 614. The van der Waals surface area contributed by atoms with Gasteiger partial charge in [-0.3, -0.25) is 4.79 Å². The number of hydrogen-bond donors (Lipinski definition) is 1. The van der Waals surface area contributed by atoms with Crippen LogP contribution in [0.4, 0.5) is 0 Å². The molecule has 5 heteroatoms. The van der Waals surface area contributed by atoms with Crippen molar-refractivity contribution in [1.82, 2.24) is 5.32 Å². The number of methoxy groups -OCH3 is 1. The van der Waals surface area contributed by atoms with E-state index in [-0.39, 0.29) is 17.5 Å². The molecule has 0 radical (unpaired) electrons. The molecule has 1 amide bonds. The highest BCUT2D eigenvalue weighted by Gasteiger charge is 2.18. The lowest BCUT2D eigenvalue weighted by atomic mass is 9.95. The number of nitrogens with zero attached hydrogens (tertiary/aromatic N) is 1. The lowest BCUT2D eigenvalue weighted by Crippen LogP contribution is -2.36. The van der Waals surface area contributed by atoms with Crippen molar-refractivity contribution in [2.45, 2.75) is 38.1 Å². The smallest absolute Gasteiger partial charge is 0.262 e. The normalized spacial score (nSPS) is 16.0. The molecule has 0 aliphatic heterocycles. The number of carbonyl (C=O) groups excluding carboxylic acids is 1. The molecule has 0 bridgehead atoms. The van der Waals surface area contributed by atoms with Gasteiger partial charge >= 0.3 is 0 Å². The van der Waals surface area contributed by atoms with Gasteiger partial charge < -0.3 is 10.1 Å². The minimum absolute atomic E-state index is 0.0990. The molecular formula is C17H19BrN2O2. The van der Waals surface area contributed by atoms with Gasteiger partial charge in [-0.1, -0.05) is 35.2 Å². The van der Waals surface area contributed by atoms with Crippen molar-refractivity contribution in [3.8, 4) is 11.8 Å². The van der Waals surface area contributed by atoms with Gasteiger partial charge in [-0.15, -0.1) is 0 Å². The maximum absolute atomic E-state index is 12.3. The molecular weight excluding hydrogens is 344 g/mol. The first-order valence-electron chi connectivity index (χ1n) is 7.40. The summed E-state index contributed by atoms with van der Waals surface area (Å²) in [6.07, 6.45) is 7.05. The van der Waals surface area contributed by atoms with Gasteiger partial charge in [-0.25, -0.2) is 0 Å². The topological polar surface area (TPSA) is 62.1 Å². The van der Waals surface area contributed by atoms with Crippen LogP contribution in [0.5, 0.6) is 5.75 Å². The highest BCUT2D eigenvalue weighted by molar-refractivity contribution is 9.10. The van der Waals surface area contributed by atoms with Crippen molar-refractivity contribution in [3.63, 3.8) is 0 Å². The third-order valence-corrected chi connectivity index (χ3v) is 4.29. The summed E-state index contributed by atoms with van der Waals surface area (Å²) in [4.78, 5) is 12.3. The SMILES string of the molecule is COc1ccc(Br)cc1/C=C(/C#N)C(=O)NC1CCCCC1. The van der Waals surface area contributed by atoms with E-state index in [9.17, 15) is 10.1 Å². The Balaban J connectivity index is 2.18. The van der Waals surface area contributed by atoms with Gasteiger partial charge in [-0.2, -0.15) is 5.26 Å². The third-order valence-electron chi connectivity index (χ3n) is 3.80. The van der Waals surface area contributed by atoms with E-state index in [2.05, 4.69) is 21.2 Å². The average Bonchev–Trinajstić information content (AvgIpc) is 2.53. The number of hydrogen-bond acceptors (Lipinski definition) is 3. The summed E-state index contributed by atoms with van der Waals surface area (Å²) in [6.45, 7) is 0. The van der Waals surface area contributed by atoms with Gasteiger partial charge in [0.05, 0.1) is 7.11 Å². The predicted octanol–water partition coefficient (Wildman–Crippen LogP) is 3.81. The number of benzene rings is 1. The van der Waals surface area contributed by atoms with Crippen LogP contribution in [0.15, 0.2) is 28.2 Å². The number of nitriles is 1. The lowest BCUT2D eigenvalue weighted by molar-refractivity contribution is -0.117. The van der Waals surface area contributed by atoms with Crippen LogP contribution >= 0.6 is 15.9 Å². The minimum atomic E-state index is -0.309. The highest BCUT2D eigenvalue weighted by atomic mass is 79.9. The minimum Gasteiger partial charge on any atom is -0.496 e. The van der Waals surface area contributed by atoms with Gasteiger partial charge in [0.15, 0.2) is 0 Å². The number of nitrogens with one attached hydrogen (secondary N) is 1. The van der Waals surface area contributed by atoms with Crippen LogP contribution in [0.2, 0.25) is 0 Å². The van der Waals surface area contributed by atoms with Gasteiger partial charge in [-0.05, 0) is 37.1 Å². The Labute approximate surface area is 139 Å². The number of ether oxygens (including phenoxy) is 1. The summed E-state index contributed by atoms with van der Waals surface area (Å²) in [5, 5.41) is 12.2. The maximum atomic E-state index is 12.3. The van der Waals surface area contributed by atoms with Crippen molar-refractivity contribution >= 4 is 27.9 Å². The van der Waals surface area contributed by atoms with E-state index in [1.54, 1.807) is 19.3 Å². The van der Waals surface area contributed by atoms with Crippen molar-refractivity contribution in [2.75, 3.05) is 7.11 Å². The maximum Gasteiger partial charge on any atom is 0.262 e. The third kappa shape index (κ3) is 4.35. The second-order valence-corrected chi connectivity index (χ2v) is 6.28. The fourth-order valence-corrected chi connectivity index (χ4v) is 3.01. The molecule has 22 heavy (non-hydrogen) atoms. The zero-order valence-electron chi connectivity index (χ0n) is 12.6. The molecule has 0 spiro atoms. The fraction of sp³-hybridized carbons (Fsp3) is 0.412. The van der Waals surface area contributed by atoms with E-state index in [1.807, 2.05) is 18.2 Å². The number of carbonyl (C=O) groups is 1. The van der Waals surface area contributed by atoms with E-state index in [4.69, 9.17) is 4.74 Å². The summed E-state index contributed by atoms with van der Waals surface area (Å²) in [7, 11) is 1.56.